The van der Waals surface area contributed by atoms with Gasteiger partial charge >= 0.3 is 0 Å². The first kappa shape index (κ1) is 21.9. The van der Waals surface area contributed by atoms with E-state index < -0.39 is 0 Å². The van der Waals surface area contributed by atoms with Crippen LogP contribution in [0.3, 0.4) is 0 Å². The molecule has 0 amide bonds. The molecule has 4 nitrogen and oxygen atoms in total. The van der Waals surface area contributed by atoms with Gasteiger partial charge in [-0.25, -0.2) is 4.98 Å². The van der Waals surface area contributed by atoms with Crippen molar-refractivity contribution in [3.05, 3.63) is 71.5 Å². The maximum absolute atomic E-state index is 6.35. The molecule has 0 radical (unpaired) electrons. The molecule has 0 bridgehead atoms. The maximum Gasteiger partial charge on any atom is 0.126 e. The lowest BCUT2D eigenvalue weighted by Crippen LogP contribution is -2.35. The summed E-state index contributed by atoms with van der Waals surface area (Å²) in [5.41, 5.74) is 12.6. The van der Waals surface area contributed by atoms with Crippen molar-refractivity contribution < 1.29 is 0 Å². The molecule has 2 aliphatic carbocycles. The summed E-state index contributed by atoms with van der Waals surface area (Å²) in [6.07, 6.45) is 12.8. The smallest absolute Gasteiger partial charge is 0.126 e. The molecule has 1 aromatic carbocycles. The Morgan fingerprint density at radius 3 is 2.61 bits per heavy atom. The van der Waals surface area contributed by atoms with Crippen LogP contribution in [0.2, 0.25) is 0 Å². The molecular formula is C29H36N4. The highest BCUT2D eigenvalue weighted by Crippen LogP contribution is 2.46. The number of rotatable bonds is 7. The Hall–Kier alpha value is -2.88. The first-order valence-corrected chi connectivity index (χ1v) is 12.7. The molecule has 2 atom stereocenters. The minimum Gasteiger partial charge on any atom is -0.397 e. The fourth-order valence-electron chi connectivity index (χ4n) is 5.84. The third kappa shape index (κ3) is 5.21. The lowest BCUT2D eigenvalue weighted by atomic mass is 9.62. The second-order valence-corrected chi connectivity index (χ2v) is 10.1. The molecule has 3 N–H and O–H groups in total. The van der Waals surface area contributed by atoms with Crippen molar-refractivity contribution >= 4 is 11.5 Å². The van der Waals surface area contributed by atoms with E-state index in [9.17, 15) is 0 Å². The van der Waals surface area contributed by atoms with E-state index in [4.69, 9.17) is 15.7 Å². The zero-order valence-electron chi connectivity index (χ0n) is 19.8. The fourth-order valence-corrected chi connectivity index (χ4v) is 5.84. The molecule has 33 heavy (non-hydrogen) atoms. The van der Waals surface area contributed by atoms with Gasteiger partial charge in [0.1, 0.15) is 5.82 Å². The zero-order chi connectivity index (χ0) is 22.6. The SMILES string of the molecule is Cc1cccc(CNc2cccc(-c3cc(CC4CCC4C4CCCCC4)ncc3N)n2)c1. The lowest BCUT2D eigenvalue weighted by Gasteiger charge is -2.43. The fraction of sp³-hybridized carbons (Fsp3) is 0.448. The van der Waals surface area contributed by atoms with Crippen molar-refractivity contribution in [2.75, 3.05) is 11.1 Å². The van der Waals surface area contributed by atoms with E-state index in [1.54, 1.807) is 0 Å². The monoisotopic (exact) mass is 440 g/mol. The first-order valence-electron chi connectivity index (χ1n) is 12.7. The van der Waals surface area contributed by atoms with Crippen molar-refractivity contribution in [3.8, 4) is 11.3 Å². The van der Waals surface area contributed by atoms with Crippen LogP contribution in [-0.2, 0) is 13.0 Å². The van der Waals surface area contributed by atoms with Gasteiger partial charge in [-0.3, -0.25) is 4.98 Å². The van der Waals surface area contributed by atoms with Crippen LogP contribution >= 0.6 is 0 Å². The van der Waals surface area contributed by atoms with Gasteiger partial charge in [0, 0.05) is 17.8 Å². The van der Waals surface area contributed by atoms with Gasteiger partial charge in [0.05, 0.1) is 17.6 Å². The quantitative estimate of drug-likeness (QED) is 0.424. The second-order valence-electron chi connectivity index (χ2n) is 10.1. The number of nitrogen functional groups attached to an aromatic ring is 1. The largest absolute Gasteiger partial charge is 0.397 e. The highest BCUT2D eigenvalue weighted by molar-refractivity contribution is 5.74. The number of nitrogens with one attached hydrogen (secondary N) is 1. The predicted octanol–water partition coefficient (Wildman–Crippen LogP) is 6.80. The normalized spacial score (nSPS) is 20.9. The second kappa shape index (κ2) is 9.94. The summed E-state index contributed by atoms with van der Waals surface area (Å²) in [6.45, 7) is 2.87. The summed E-state index contributed by atoms with van der Waals surface area (Å²) in [5, 5.41) is 3.46. The van der Waals surface area contributed by atoms with Crippen LogP contribution in [0.25, 0.3) is 11.3 Å². The Bertz CT molecular complexity index is 1090. The average molecular weight is 441 g/mol. The van der Waals surface area contributed by atoms with E-state index in [0.717, 1.165) is 53.5 Å². The molecule has 2 heterocycles. The number of nitrogens with two attached hydrogens (primary N) is 1. The van der Waals surface area contributed by atoms with Crippen molar-refractivity contribution in [2.45, 2.75) is 64.8 Å². The topological polar surface area (TPSA) is 63.8 Å². The van der Waals surface area contributed by atoms with E-state index in [0.29, 0.717) is 5.69 Å². The van der Waals surface area contributed by atoms with Crippen LogP contribution < -0.4 is 11.1 Å². The van der Waals surface area contributed by atoms with Gasteiger partial charge in [-0.2, -0.15) is 0 Å². The number of benzene rings is 1. The minimum atomic E-state index is 0.694. The van der Waals surface area contributed by atoms with Crippen molar-refractivity contribution in [1.29, 1.82) is 0 Å². The molecule has 0 aliphatic heterocycles. The van der Waals surface area contributed by atoms with E-state index in [1.165, 1.54) is 56.1 Å². The van der Waals surface area contributed by atoms with Gasteiger partial charge < -0.3 is 11.1 Å². The predicted molar refractivity (Wildman–Crippen MR) is 137 cm³/mol. The Morgan fingerprint density at radius 2 is 1.82 bits per heavy atom. The van der Waals surface area contributed by atoms with E-state index in [-0.39, 0.29) is 0 Å². The molecule has 0 spiro atoms. The molecule has 5 rings (SSSR count). The number of pyridine rings is 2. The summed E-state index contributed by atoms with van der Waals surface area (Å²) in [7, 11) is 0. The summed E-state index contributed by atoms with van der Waals surface area (Å²) < 4.78 is 0. The molecule has 0 saturated heterocycles. The van der Waals surface area contributed by atoms with Gasteiger partial charge in [-0.1, -0.05) is 68.0 Å². The van der Waals surface area contributed by atoms with Crippen LogP contribution in [0.15, 0.2) is 54.7 Å². The number of hydrogen-bond acceptors (Lipinski definition) is 4. The summed E-state index contributed by atoms with van der Waals surface area (Å²) in [6, 6.07) is 16.8. The molecule has 2 unspecified atom stereocenters. The van der Waals surface area contributed by atoms with E-state index in [2.05, 4.69) is 42.6 Å². The van der Waals surface area contributed by atoms with E-state index in [1.807, 2.05) is 24.4 Å². The number of aromatic nitrogens is 2. The Balaban J connectivity index is 1.28. The minimum absolute atomic E-state index is 0.694. The average Bonchev–Trinajstić information content (AvgIpc) is 2.82. The van der Waals surface area contributed by atoms with Crippen molar-refractivity contribution in [1.82, 2.24) is 9.97 Å². The van der Waals surface area contributed by atoms with Crippen molar-refractivity contribution in [3.63, 3.8) is 0 Å². The van der Waals surface area contributed by atoms with Crippen LogP contribution in [-0.4, -0.2) is 9.97 Å². The summed E-state index contributed by atoms with van der Waals surface area (Å²) >= 11 is 0. The Labute approximate surface area is 198 Å². The Morgan fingerprint density at radius 1 is 0.970 bits per heavy atom. The lowest BCUT2D eigenvalue weighted by molar-refractivity contribution is 0.0786. The summed E-state index contributed by atoms with van der Waals surface area (Å²) in [5.74, 6) is 3.50. The molecular weight excluding hydrogens is 404 g/mol. The molecule has 2 aromatic heterocycles. The number of anilines is 2. The molecule has 3 aromatic rings. The Kier molecular flexibility index (Phi) is 6.61. The number of hydrogen-bond donors (Lipinski definition) is 2. The molecule has 2 fully saturated rings. The molecule has 4 heteroatoms. The third-order valence-corrected chi connectivity index (χ3v) is 7.78. The van der Waals surface area contributed by atoms with E-state index >= 15 is 0 Å². The zero-order valence-corrected chi connectivity index (χ0v) is 19.8. The first-order chi connectivity index (χ1) is 16.2. The highest BCUT2D eigenvalue weighted by atomic mass is 15.0. The van der Waals surface area contributed by atoms with Gasteiger partial charge in [0.2, 0.25) is 0 Å². The van der Waals surface area contributed by atoms with Crippen LogP contribution in [0.1, 0.15) is 61.8 Å². The highest BCUT2D eigenvalue weighted by Gasteiger charge is 2.37. The molecule has 172 valence electrons. The summed E-state index contributed by atoms with van der Waals surface area (Å²) in [4.78, 5) is 9.57. The molecule has 2 aliphatic rings. The standard InChI is InChI=1S/C29H36N4/c1-20-7-5-8-21(15-20)18-32-29-12-6-11-28(33-29)26-17-24(31-19-27(26)30)16-23-13-14-25(23)22-9-3-2-4-10-22/h5-8,11-12,15,17,19,22-23,25H,2-4,9-10,13-14,16,18,30H2,1H3,(H,32,33). The van der Waals surface area contributed by atoms with Gasteiger partial charge in [-0.05, 0) is 67.7 Å². The van der Waals surface area contributed by atoms with Gasteiger partial charge in [0.25, 0.3) is 0 Å². The number of nitrogens with zero attached hydrogens (tertiary/aromatic N) is 2. The van der Waals surface area contributed by atoms with Gasteiger partial charge in [-0.15, -0.1) is 0 Å². The maximum atomic E-state index is 6.35. The van der Waals surface area contributed by atoms with Crippen LogP contribution in [0.4, 0.5) is 11.5 Å². The number of aryl methyl sites for hydroxylation is 1. The third-order valence-electron chi connectivity index (χ3n) is 7.78. The molecule has 2 saturated carbocycles. The van der Waals surface area contributed by atoms with Crippen LogP contribution in [0, 0.1) is 24.7 Å². The van der Waals surface area contributed by atoms with Crippen molar-refractivity contribution in [2.24, 2.45) is 17.8 Å². The van der Waals surface area contributed by atoms with Crippen LogP contribution in [0.5, 0.6) is 0 Å². The van der Waals surface area contributed by atoms with Gasteiger partial charge in [0.15, 0.2) is 0 Å².